The highest BCUT2D eigenvalue weighted by atomic mass is 32.2. The molecule has 1 amide bonds. The summed E-state index contributed by atoms with van der Waals surface area (Å²) in [5, 5.41) is 13.6. The third kappa shape index (κ3) is 4.47. The van der Waals surface area contributed by atoms with Crippen molar-refractivity contribution in [1.29, 1.82) is 0 Å². The zero-order valence-electron chi connectivity index (χ0n) is 17.3. The van der Waals surface area contributed by atoms with Gasteiger partial charge in [-0.1, -0.05) is 36.0 Å². The first-order chi connectivity index (χ1) is 16.6. The van der Waals surface area contributed by atoms with Crippen LogP contribution >= 0.6 is 23.1 Å². The number of nitrogens with zero attached hydrogens (tertiary/aromatic N) is 4. The van der Waals surface area contributed by atoms with Gasteiger partial charge in [-0.2, -0.15) is 0 Å². The van der Waals surface area contributed by atoms with Gasteiger partial charge in [0.2, 0.25) is 5.82 Å². The molecule has 0 aliphatic heterocycles. The summed E-state index contributed by atoms with van der Waals surface area (Å²) in [6.45, 7) is 0. The van der Waals surface area contributed by atoms with Gasteiger partial charge in [-0.05, 0) is 36.4 Å². The lowest BCUT2D eigenvalue weighted by atomic mass is 10.3. The van der Waals surface area contributed by atoms with Gasteiger partial charge in [-0.3, -0.25) is 9.36 Å². The highest BCUT2D eigenvalue weighted by molar-refractivity contribution is 7.98. The molecule has 5 aromatic rings. The predicted octanol–water partition coefficient (Wildman–Crippen LogP) is 5.81. The van der Waals surface area contributed by atoms with Gasteiger partial charge in [-0.15, -0.1) is 21.5 Å². The minimum atomic E-state index is -0.526. The van der Waals surface area contributed by atoms with E-state index in [-0.39, 0.29) is 17.1 Å². The van der Waals surface area contributed by atoms with Crippen molar-refractivity contribution >= 4 is 34.7 Å². The molecule has 3 aromatic heterocycles. The van der Waals surface area contributed by atoms with E-state index in [1.165, 1.54) is 47.6 Å². The monoisotopic (exact) mass is 495 g/mol. The van der Waals surface area contributed by atoms with E-state index in [4.69, 9.17) is 4.42 Å². The summed E-state index contributed by atoms with van der Waals surface area (Å²) in [6, 6.07) is 15.7. The van der Waals surface area contributed by atoms with Crippen LogP contribution in [0, 0.1) is 11.6 Å². The largest absolute Gasteiger partial charge is 0.461 e. The molecule has 170 valence electrons. The molecule has 0 unspecified atom stereocenters. The second-order valence-electron chi connectivity index (χ2n) is 6.92. The van der Waals surface area contributed by atoms with Gasteiger partial charge in [0, 0.05) is 5.38 Å². The lowest BCUT2D eigenvalue weighted by molar-refractivity contribution is 0.102. The molecule has 0 bridgehead atoms. The van der Waals surface area contributed by atoms with Gasteiger partial charge in [-0.25, -0.2) is 13.8 Å². The van der Waals surface area contributed by atoms with Crippen LogP contribution in [0.15, 0.2) is 81.9 Å². The van der Waals surface area contributed by atoms with Crippen LogP contribution in [-0.4, -0.2) is 25.7 Å². The van der Waals surface area contributed by atoms with Crippen LogP contribution < -0.4 is 5.32 Å². The second kappa shape index (κ2) is 9.57. The lowest BCUT2D eigenvalue weighted by Gasteiger charge is -2.09. The second-order valence-corrected chi connectivity index (χ2v) is 8.80. The quantitative estimate of drug-likeness (QED) is 0.287. The predicted molar refractivity (Wildman–Crippen MR) is 125 cm³/mol. The Hall–Kier alpha value is -3.83. The molecule has 0 spiro atoms. The van der Waals surface area contributed by atoms with Crippen molar-refractivity contribution in [3.05, 3.63) is 94.6 Å². The number of aromatic nitrogens is 4. The topological polar surface area (TPSA) is 85.8 Å². The molecule has 0 atom stereocenters. The summed E-state index contributed by atoms with van der Waals surface area (Å²) in [5.74, 6) is -0.291. The van der Waals surface area contributed by atoms with E-state index < -0.39 is 17.5 Å². The summed E-state index contributed by atoms with van der Waals surface area (Å²) >= 11 is 2.58. The van der Waals surface area contributed by atoms with Crippen LogP contribution in [0.1, 0.15) is 15.5 Å². The molecular formula is C23H15F2N5O2S2. The zero-order valence-corrected chi connectivity index (χ0v) is 18.9. The average Bonchev–Trinajstić information content (AvgIpc) is 3.60. The number of benzene rings is 2. The van der Waals surface area contributed by atoms with Crippen molar-refractivity contribution in [3.63, 3.8) is 0 Å². The first-order valence-corrected chi connectivity index (χ1v) is 11.8. The number of para-hydroxylation sites is 2. The van der Waals surface area contributed by atoms with Crippen molar-refractivity contribution in [1.82, 2.24) is 19.7 Å². The van der Waals surface area contributed by atoms with Gasteiger partial charge in [0.05, 0.1) is 23.4 Å². The average molecular weight is 496 g/mol. The van der Waals surface area contributed by atoms with Crippen LogP contribution in [0.25, 0.3) is 17.3 Å². The SMILES string of the molecule is O=C(Nc1ccccc1F)c1csc(CSc2nnc(-c3ccco3)n2-c2ccccc2F)n1. The molecule has 1 N–H and O–H groups in total. The molecule has 11 heteroatoms. The number of carbonyl (C=O) groups is 1. The van der Waals surface area contributed by atoms with E-state index in [0.29, 0.717) is 27.5 Å². The summed E-state index contributed by atoms with van der Waals surface area (Å²) < 4.78 is 35.5. The zero-order chi connectivity index (χ0) is 23.5. The van der Waals surface area contributed by atoms with Crippen molar-refractivity contribution in [3.8, 4) is 17.3 Å². The fourth-order valence-electron chi connectivity index (χ4n) is 3.14. The van der Waals surface area contributed by atoms with E-state index in [2.05, 4.69) is 20.5 Å². The number of halogens is 2. The van der Waals surface area contributed by atoms with Crippen LogP contribution in [0.3, 0.4) is 0 Å². The van der Waals surface area contributed by atoms with Gasteiger partial charge >= 0.3 is 0 Å². The van der Waals surface area contributed by atoms with Crippen LogP contribution in [0.4, 0.5) is 14.5 Å². The number of rotatable bonds is 7. The Kier molecular flexibility index (Phi) is 6.19. The fourth-order valence-corrected chi connectivity index (χ4v) is 4.87. The Bertz CT molecular complexity index is 1450. The molecular weight excluding hydrogens is 480 g/mol. The highest BCUT2D eigenvalue weighted by Crippen LogP contribution is 2.31. The van der Waals surface area contributed by atoms with Crippen molar-refractivity contribution in [2.75, 3.05) is 5.32 Å². The van der Waals surface area contributed by atoms with Crippen LogP contribution in [0.2, 0.25) is 0 Å². The maximum atomic E-state index is 14.6. The number of carbonyl (C=O) groups excluding carboxylic acids is 1. The number of hydrogen-bond donors (Lipinski definition) is 1. The Morgan fingerprint density at radius 1 is 1.03 bits per heavy atom. The minimum absolute atomic E-state index is 0.0832. The Labute approximate surface area is 200 Å². The lowest BCUT2D eigenvalue weighted by Crippen LogP contribution is -2.13. The number of furan rings is 1. The third-order valence-electron chi connectivity index (χ3n) is 4.70. The van der Waals surface area contributed by atoms with Crippen molar-refractivity contribution in [2.24, 2.45) is 0 Å². The minimum Gasteiger partial charge on any atom is -0.461 e. The molecule has 0 radical (unpaired) electrons. The summed E-state index contributed by atoms with van der Waals surface area (Å²) in [4.78, 5) is 16.8. The van der Waals surface area contributed by atoms with Crippen molar-refractivity contribution < 1.29 is 18.0 Å². The van der Waals surface area contributed by atoms with Gasteiger partial charge < -0.3 is 9.73 Å². The van der Waals surface area contributed by atoms with E-state index in [1.807, 2.05) is 0 Å². The molecule has 34 heavy (non-hydrogen) atoms. The van der Waals surface area contributed by atoms with Crippen LogP contribution in [-0.2, 0) is 5.75 Å². The fraction of sp³-hybridized carbons (Fsp3) is 0.0435. The maximum Gasteiger partial charge on any atom is 0.275 e. The number of thiazole rings is 1. The molecule has 0 aliphatic carbocycles. The summed E-state index contributed by atoms with van der Waals surface area (Å²) in [7, 11) is 0. The molecule has 0 saturated carbocycles. The number of hydrogen-bond acceptors (Lipinski definition) is 7. The summed E-state index contributed by atoms with van der Waals surface area (Å²) in [6.07, 6.45) is 1.51. The molecule has 7 nitrogen and oxygen atoms in total. The Morgan fingerprint density at radius 2 is 1.82 bits per heavy atom. The van der Waals surface area contributed by atoms with Gasteiger partial charge in [0.25, 0.3) is 5.91 Å². The first kappa shape index (κ1) is 22.0. The van der Waals surface area contributed by atoms with Gasteiger partial charge in [0.15, 0.2) is 10.9 Å². The molecule has 0 saturated heterocycles. The number of anilines is 1. The Balaban J connectivity index is 1.36. The third-order valence-corrected chi connectivity index (χ3v) is 6.67. The smallest absolute Gasteiger partial charge is 0.275 e. The molecule has 3 heterocycles. The van der Waals surface area contributed by atoms with E-state index in [1.54, 1.807) is 52.4 Å². The number of thioether (sulfide) groups is 1. The van der Waals surface area contributed by atoms with E-state index >= 15 is 0 Å². The van der Waals surface area contributed by atoms with Crippen LogP contribution in [0.5, 0.6) is 0 Å². The Morgan fingerprint density at radius 3 is 2.59 bits per heavy atom. The maximum absolute atomic E-state index is 14.6. The standard InChI is InChI=1S/C23H15F2N5O2S2/c24-14-6-1-3-8-16(14)27-22(31)17-12-33-20(26-17)13-34-23-29-28-21(19-10-5-11-32-19)30(23)18-9-4-2-7-15(18)25/h1-12H,13H2,(H,27,31). The highest BCUT2D eigenvalue weighted by Gasteiger charge is 2.21. The molecule has 0 aliphatic rings. The normalized spacial score (nSPS) is 11.0. The molecule has 2 aromatic carbocycles. The van der Waals surface area contributed by atoms with Crippen molar-refractivity contribution in [2.45, 2.75) is 10.9 Å². The first-order valence-electron chi connectivity index (χ1n) is 9.97. The number of amides is 1. The molecule has 0 fully saturated rings. The molecule has 5 rings (SSSR count). The summed E-state index contributed by atoms with van der Waals surface area (Å²) in [5.41, 5.74) is 0.543. The van der Waals surface area contributed by atoms with Gasteiger partial charge in [0.1, 0.15) is 22.3 Å². The van der Waals surface area contributed by atoms with E-state index in [0.717, 1.165) is 0 Å². The van der Waals surface area contributed by atoms with E-state index in [9.17, 15) is 13.6 Å². The number of nitrogens with one attached hydrogen (secondary N) is 1.